The van der Waals surface area contributed by atoms with Crippen molar-refractivity contribution in [1.82, 2.24) is 0 Å². The second-order valence-corrected chi connectivity index (χ2v) is 3.93. The first-order valence-electron chi connectivity index (χ1n) is 3.94. The molecule has 1 aromatic rings. The van der Waals surface area contributed by atoms with Gasteiger partial charge in [0.25, 0.3) is 0 Å². The summed E-state index contributed by atoms with van der Waals surface area (Å²) >= 11 is 3.34. The molecule has 0 aliphatic heterocycles. The standard InChI is InChI=1S/C10H11BrO2/c1-5-4-8(11)6(2)9(7(3)12)10(5)13/h4,13H,1-3H3. The number of aromatic hydroxyl groups is 1. The molecular formula is C10H11BrO2. The molecule has 0 saturated carbocycles. The van der Waals surface area contributed by atoms with E-state index < -0.39 is 0 Å². The van der Waals surface area contributed by atoms with Gasteiger partial charge in [-0.05, 0) is 38.0 Å². The fourth-order valence-electron chi connectivity index (χ4n) is 1.29. The van der Waals surface area contributed by atoms with Gasteiger partial charge in [-0.25, -0.2) is 0 Å². The molecule has 0 aliphatic rings. The molecule has 70 valence electrons. The number of ketones is 1. The fourth-order valence-corrected chi connectivity index (χ4v) is 1.83. The zero-order chi connectivity index (χ0) is 10.2. The van der Waals surface area contributed by atoms with E-state index in [0.717, 1.165) is 10.0 Å². The monoisotopic (exact) mass is 242 g/mol. The average Bonchev–Trinajstić information content (AvgIpc) is 2.01. The zero-order valence-corrected chi connectivity index (χ0v) is 9.40. The molecule has 0 fully saturated rings. The third kappa shape index (κ3) is 1.75. The summed E-state index contributed by atoms with van der Waals surface area (Å²) in [7, 11) is 0. The van der Waals surface area contributed by atoms with Crippen LogP contribution in [0, 0.1) is 13.8 Å². The quantitative estimate of drug-likeness (QED) is 0.770. The Hall–Kier alpha value is -0.830. The van der Waals surface area contributed by atoms with Crippen LogP contribution in [0.1, 0.15) is 28.4 Å². The van der Waals surface area contributed by atoms with Crippen molar-refractivity contribution in [2.24, 2.45) is 0 Å². The molecule has 0 aromatic heterocycles. The molecule has 1 N–H and O–H groups in total. The summed E-state index contributed by atoms with van der Waals surface area (Å²) in [5, 5.41) is 9.63. The van der Waals surface area contributed by atoms with Crippen molar-refractivity contribution in [2.45, 2.75) is 20.8 Å². The first kappa shape index (κ1) is 10.3. The molecule has 1 rings (SSSR count). The smallest absolute Gasteiger partial charge is 0.163 e. The maximum Gasteiger partial charge on any atom is 0.163 e. The minimum absolute atomic E-state index is 0.0909. The third-order valence-corrected chi connectivity index (χ3v) is 2.86. The molecule has 0 aliphatic carbocycles. The second-order valence-electron chi connectivity index (χ2n) is 3.08. The minimum atomic E-state index is -0.112. The van der Waals surface area contributed by atoms with Gasteiger partial charge in [-0.3, -0.25) is 4.79 Å². The topological polar surface area (TPSA) is 37.3 Å². The van der Waals surface area contributed by atoms with Crippen LogP contribution in [-0.2, 0) is 0 Å². The molecule has 0 radical (unpaired) electrons. The first-order chi connectivity index (χ1) is 5.95. The maximum atomic E-state index is 11.2. The van der Waals surface area contributed by atoms with Crippen LogP contribution >= 0.6 is 15.9 Å². The summed E-state index contributed by atoms with van der Waals surface area (Å²) in [6, 6.07) is 1.80. The van der Waals surface area contributed by atoms with Crippen LogP contribution in [0.2, 0.25) is 0 Å². The number of phenolic OH excluding ortho intramolecular Hbond substituents is 1. The van der Waals surface area contributed by atoms with Crippen molar-refractivity contribution >= 4 is 21.7 Å². The van der Waals surface area contributed by atoms with Crippen LogP contribution in [0.4, 0.5) is 0 Å². The minimum Gasteiger partial charge on any atom is -0.507 e. The molecule has 0 amide bonds. The van der Waals surface area contributed by atoms with Crippen molar-refractivity contribution in [3.05, 3.63) is 27.2 Å². The number of Topliss-reactive ketones (excluding diaryl/α,β-unsaturated/α-hetero) is 1. The van der Waals surface area contributed by atoms with Gasteiger partial charge >= 0.3 is 0 Å². The molecule has 13 heavy (non-hydrogen) atoms. The van der Waals surface area contributed by atoms with Gasteiger partial charge in [-0.2, -0.15) is 0 Å². The lowest BCUT2D eigenvalue weighted by atomic mass is 10.0. The van der Waals surface area contributed by atoms with E-state index in [1.54, 1.807) is 19.9 Å². The lowest BCUT2D eigenvalue weighted by Gasteiger charge is -2.09. The normalized spacial score (nSPS) is 10.2. The van der Waals surface area contributed by atoms with Gasteiger partial charge in [0.15, 0.2) is 5.78 Å². The molecule has 0 atom stereocenters. The van der Waals surface area contributed by atoms with Crippen molar-refractivity contribution < 1.29 is 9.90 Å². The largest absolute Gasteiger partial charge is 0.507 e. The van der Waals surface area contributed by atoms with E-state index >= 15 is 0 Å². The van der Waals surface area contributed by atoms with E-state index in [4.69, 9.17) is 0 Å². The Bertz CT molecular complexity index is 343. The third-order valence-electron chi connectivity index (χ3n) is 2.04. The summed E-state index contributed by atoms with van der Waals surface area (Å²) in [4.78, 5) is 11.2. The number of rotatable bonds is 1. The second kappa shape index (κ2) is 3.50. The van der Waals surface area contributed by atoms with Gasteiger partial charge in [0.1, 0.15) is 5.75 Å². The lowest BCUT2D eigenvalue weighted by Crippen LogP contribution is -1.99. The number of carbonyl (C=O) groups is 1. The van der Waals surface area contributed by atoms with Gasteiger partial charge in [-0.1, -0.05) is 15.9 Å². The number of benzene rings is 1. The zero-order valence-electron chi connectivity index (χ0n) is 7.81. The van der Waals surface area contributed by atoms with E-state index in [-0.39, 0.29) is 11.5 Å². The number of hydrogen-bond donors (Lipinski definition) is 1. The molecule has 0 saturated heterocycles. The van der Waals surface area contributed by atoms with Crippen LogP contribution in [0.15, 0.2) is 10.5 Å². The summed E-state index contributed by atoms with van der Waals surface area (Å²) in [5.74, 6) is -0.0207. The summed E-state index contributed by atoms with van der Waals surface area (Å²) < 4.78 is 0.855. The molecule has 0 bridgehead atoms. The van der Waals surface area contributed by atoms with Crippen molar-refractivity contribution in [3.63, 3.8) is 0 Å². The fraction of sp³-hybridized carbons (Fsp3) is 0.300. The van der Waals surface area contributed by atoms with Crippen LogP contribution in [0.3, 0.4) is 0 Å². The van der Waals surface area contributed by atoms with Gasteiger partial charge in [-0.15, -0.1) is 0 Å². The van der Waals surface area contributed by atoms with E-state index in [0.29, 0.717) is 11.1 Å². The van der Waals surface area contributed by atoms with Crippen LogP contribution in [0.5, 0.6) is 5.75 Å². The average molecular weight is 243 g/mol. The van der Waals surface area contributed by atoms with Gasteiger partial charge in [0.05, 0.1) is 5.56 Å². The molecule has 3 heteroatoms. The van der Waals surface area contributed by atoms with Crippen LogP contribution in [-0.4, -0.2) is 10.9 Å². The lowest BCUT2D eigenvalue weighted by molar-refractivity contribution is 0.101. The first-order valence-corrected chi connectivity index (χ1v) is 4.74. The van der Waals surface area contributed by atoms with E-state index in [9.17, 15) is 9.90 Å². The molecule has 1 aromatic carbocycles. The van der Waals surface area contributed by atoms with Crippen LogP contribution < -0.4 is 0 Å². The number of carbonyl (C=O) groups excluding carboxylic acids is 1. The number of hydrogen-bond acceptors (Lipinski definition) is 2. The van der Waals surface area contributed by atoms with Crippen LogP contribution in [0.25, 0.3) is 0 Å². The van der Waals surface area contributed by atoms with Crippen molar-refractivity contribution in [2.75, 3.05) is 0 Å². The predicted octanol–water partition coefficient (Wildman–Crippen LogP) is 2.97. The van der Waals surface area contributed by atoms with E-state index in [1.165, 1.54) is 6.92 Å². The molecular weight excluding hydrogens is 232 g/mol. The number of halogens is 1. The molecule has 2 nitrogen and oxygen atoms in total. The summed E-state index contributed by atoms with van der Waals surface area (Å²) in [6.07, 6.45) is 0. The van der Waals surface area contributed by atoms with Gasteiger partial charge in [0.2, 0.25) is 0 Å². The van der Waals surface area contributed by atoms with E-state index in [1.807, 2.05) is 0 Å². The number of aryl methyl sites for hydroxylation is 1. The van der Waals surface area contributed by atoms with Gasteiger partial charge < -0.3 is 5.11 Å². The Balaban J connectivity index is 3.56. The Labute approximate surface area is 85.7 Å². The molecule has 0 heterocycles. The Morgan fingerprint density at radius 3 is 2.46 bits per heavy atom. The summed E-state index contributed by atoms with van der Waals surface area (Å²) in [5.41, 5.74) is 1.91. The highest BCUT2D eigenvalue weighted by atomic mass is 79.9. The Morgan fingerprint density at radius 1 is 1.46 bits per heavy atom. The molecule has 0 unspecified atom stereocenters. The predicted molar refractivity (Wildman–Crippen MR) is 55.3 cm³/mol. The maximum absolute atomic E-state index is 11.2. The Morgan fingerprint density at radius 2 is 2.00 bits per heavy atom. The van der Waals surface area contributed by atoms with Crippen molar-refractivity contribution in [1.29, 1.82) is 0 Å². The molecule has 0 spiro atoms. The highest BCUT2D eigenvalue weighted by molar-refractivity contribution is 9.10. The van der Waals surface area contributed by atoms with Gasteiger partial charge in [0, 0.05) is 4.47 Å². The number of phenols is 1. The highest BCUT2D eigenvalue weighted by Gasteiger charge is 2.14. The summed E-state index contributed by atoms with van der Waals surface area (Å²) in [6.45, 7) is 5.03. The Kier molecular flexibility index (Phi) is 2.76. The highest BCUT2D eigenvalue weighted by Crippen LogP contribution is 2.31. The van der Waals surface area contributed by atoms with E-state index in [2.05, 4.69) is 15.9 Å². The van der Waals surface area contributed by atoms with Crippen molar-refractivity contribution in [3.8, 4) is 5.75 Å². The SMILES string of the molecule is CC(=O)c1c(C)c(Br)cc(C)c1O.